The summed E-state index contributed by atoms with van der Waals surface area (Å²) in [5.74, 6) is -0.288. The lowest BCUT2D eigenvalue weighted by Crippen LogP contribution is -2.48. The van der Waals surface area contributed by atoms with Crippen LogP contribution < -0.4 is 5.32 Å². The second-order valence-corrected chi connectivity index (χ2v) is 6.43. The zero-order chi connectivity index (χ0) is 17.6. The Morgan fingerprint density at radius 1 is 1.20 bits per heavy atom. The second-order valence-electron chi connectivity index (χ2n) is 6.43. The first-order chi connectivity index (χ1) is 12.1. The largest absolute Gasteiger partial charge is 0.379 e. The summed E-state index contributed by atoms with van der Waals surface area (Å²) in [4.78, 5) is 28.4. The normalized spacial score (nSPS) is 21.6. The van der Waals surface area contributed by atoms with Crippen LogP contribution in [0, 0.1) is 5.82 Å². The summed E-state index contributed by atoms with van der Waals surface area (Å²) in [5.41, 5.74) is 0.767. The number of carbonyl (C=O) groups excluding carboxylic acids is 2. The van der Waals surface area contributed by atoms with Gasteiger partial charge in [-0.25, -0.2) is 4.39 Å². The SMILES string of the molecule is O=C(Cc1ccc(F)cc1)NCCN1CCC(N2CCOCC2)C1=O. The van der Waals surface area contributed by atoms with E-state index in [-0.39, 0.29) is 30.1 Å². The topological polar surface area (TPSA) is 61.9 Å². The number of hydrogen-bond donors (Lipinski definition) is 1. The van der Waals surface area contributed by atoms with Gasteiger partial charge in [0.2, 0.25) is 11.8 Å². The second kappa shape index (κ2) is 8.40. The van der Waals surface area contributed by atoms with Crippen molar-refractivity contribution in [3.05, 3.63) is 35.6 Å². The van der Waals surface area contributed by atoms with Crippen molar-refractivity contribution in [2.75, 3.05) is 45.9 Å². The van der Waals surface area contributed by atoms with Gasteiger partial charge in [-0.3, -0.25) is 14.5 Å². The van der Waals surface area contributed by atoms with E-state index in [0.29, 0.717) is 26.3 Å². The minimum absolute atomic E-state index is 0.0428. The number of nitrogens with one attached hydrogen (secondary N) is 1. The molecule has 7 heteroatoms. The highest BCUT2D eigenvalue weighted by Crippen LogP contribution is 2.18. The molecule has 0 radical (unpaired) electrons. The Kier molecular flexibility index (Phi) is 5.99. The van der Waals surface area contributed by atoms with Crippen LogP contribution in [-0.2, 0) is 20.7 Å². The third-order valence-electron chi connectivity index (χ3n) is 4.74. The molecular formula is C18H24FN3O3. The van der Waals surface area contributed by atoms with Crippen LogP contribution >= 0.6 is 0 Å². The van der Waals surface area contributed by atoms with Gasteiger partial charge in [0.1, 0.15) is 5.82 Å². The van der Waals surface area contributed by atoms with Gasteiger partial charge in [0.15, 0.2) is 0 Å². The van der Waals surface area contributed by atoms with Crippen LogP contribution in [0.5, 0.6) is 0 Å². The summed E-state index contributed by atoms with van der Waals surface area (Å²) >= 11 is 0. The summed E-state index contributed by atoms with van der Waals surface area (Å²) in [6, 6.07) is 5.85. The van der Waals surface area contributed by atoms with Crippen molar-refractivity contribution < 1.29 is 18.7 Å². The van der Waals surface area contributed by atoms with Crippen LogP contribution in [0.25, 0.3) is 0 Å². The maximum atomic E-state index is 12.9. The van der Waals surface area contributed by atoms with Crippen molar-refractivity contribution in [2.45, 2.75) is 18.9 Å². The highest BCUT2D eigenvalue weighted by Gasteiger charge is 2.36. The average Bonchev–Trinajstić information content (AvgIpc) is 2.99. The number of likely N-dealkylation sites (tertiary alicyclic amines) is 1. The number of ether oxygens (including phenoxy) is 1. The van der Waals surface area contributed by atoms with E-state index >= 15 is 0 Å². The summed E-state index contributed by atoms with van der Waals surface area (Å²) in [7, 11) is 0. The fourth-order valence-electron chi connectivity index (χ4n) is 3.35. The maximum absolute atomic E-state index is 12.9. The number of rotatable bonds is 6. The Labute approximate surface area is 146 Å². The van der Waals surface area contributed by atoms with E-state index in [1.165, 1.54) is 12.1 Å². The number of carbonyl (C=O) groups is 2. The van der Waals surface area contributed by atoms with Gasteiger partial charge in [0.05, 0.1) is 25.7 Å². The van der Waals surface area contributed by atoms with Crippen molar-refractivity contribution in [3.8, 4) is 0 Å². The highest BCUT2D eigenvalue weighted by molar-refractivity contribution is 5.84. The van der Waals surface area contributed by atoms with Gasteiger partial charge in [-0.05, 0) is 24.1 Å². The van der Waals surface area contributed by atoms with E-state index in [9.17, 15) is 14.0 Å². The Hall–Kier alpha value is -1.99. The van der Waals surface area contributed by atoms with Gasteiger partial charge >= 0.3 is 0 Å². The van der Waals surface area contributed by atoms with Crippen molar-refractivity contribution >= 4 is 11.8 Å². The van der Waals surface area contributed by atoms with Gasteiger partial charge in [-0.1, -0.05) is 12.1 Å². The molecule has 1 aromatic rings. The molecule has 0 bridgehead atoms. The summed E-state index contributed by atoms with van der Waals surface area (Å²) in [5, 5.41) is 2.83. The van der Waals surface area contributed by atoms with Crippen LogP contribution in [0.3, 0.4) is 0 Å². The molecule has 136 valence electrons. The zero-order valence-corrected chi connectivity index (χ0v) is 14.2. The van der Waals surface area contributed by atoms with E-state index in [1.54, 1.807) is 12.1 Å². The fourth-order valence-corrected chi connectivity index (χ4v) is 3.35. The predicted octanol–water partition coefficient (Wildman–Crippen LogP) is 0.418. The lowest BCUT2D eigenvalue weighted by atomic mass is 10.1. The minimum Gasteiger partial charge on any atom is -0.379 e. The quantitative estimate of drug-likeness (QED) is 0.809. The molecule has 0 spiro atoms. The molecule has 2 saturated heterocycles. The molecule has 6 nitrogen and oxygen atoms in total. The molecule has 2 aliphatic heterocycles. The third kappa shape index (κ3) is 4.76. The molecule has 2 fully saturated rings. The summed E-state index contributed by atoms with van der Waals surface area (Å²) in [6.45, 7) is 4.66. The molecule has 2 heterocycles. The predicted molar refractivity (Wildman–Crippen MR) is 90.5 cm³/mol. The van der Waals surface area contributed by atoms with Crippen LogP contribution in [0.1, 0.15) is 12.0 Å². The van der Waals surface area contributed by atoms with Crippen molar-refractivity contribution in [3.63, 3.8) is 0 Å². The van der Waals surface area contributed by atoms with E-state index in [4.69, 9.17) is 4.74 Å². The van der Waals surface area contributed by atoms with E-state index in [2.05, 4.69) is 10.2 Å². The molecule has 2 aliphatic rings. The molecule has 3 rings (SSSR count). The monoisotopic (exact) mass is 349 g/mol. The Bertz CT molecular complexity index is 602. The lowest BCUT2D eigenvalue weighted by molar-refractivity contribution is -0.133. The Morgan fingerprint density at radius 2 is 1.92 bits per heavy atom. The molecule has 1 N–H and O–H groups in total. The number of halogens is 1. The minimum atomic E-state index is -0.313. The molecule has 2 amide bonds. The lowest BCUT2D eigenvalue weighted by Gasteiger charge is -2.31. The number of benzene rings is 1. The molecular weight excluding hydrogens is 325 g/mol. The maximum Gasteiger partial charge on any atom is 0.240 e. The van der Waals surface area contributed by atoms with Crippen LogP contribution in [0.4, 0.5) is 4.39 Å². The number of morpholine rings is 1. The van der Waals surface area contributed by atoms with Crippen LogP contribution in [0.15, 0.2) is 24.3 Å². The first kappa shape index (κ1) is 17.8. The molecule has 1 unspecified atom stereocenters. The Morgan fingerprint density at radius 3 is 2.64 bits per heavy atom. The van der Waals surface area contributed by atoms with Gasteiger partial charge in [0, 0.05) is 32.7 Å². The first-order valence-corrected chi connectivity index (χ1v) is 8.75. The molecule has 0 saturated carbocycles. The summed E-state index contributed by atoms with van der Waals surface area (Å²) in [6.07, 6.45) is 1.05. The van der Waals surface area contributed by atoms with Gasteiger partial charge < -0.3 is 15.0 Å². The van der Waals surface area contributed by atoms with Gasteiger partial charge in [-0.15, -0.1) is 0 Å². The molecule has 1 atom stereocenters. The first-order valence-electron chi connectivity index (χ1n) is 8.75. The fraction of sp³-hybridized carbons (Fsp3) is 0.556. The van der Waals surface area contributed by atoms with Crippen LogP contribution in [-0.4, -0.2) is 73.6 Å². The number of nitrogens with zero attached hydrogens (tertiary/aromatic N) is 2. The standard InChI is InChI=1S/C18H24FN3O3/c19-15-3-1-14(2-4-15)13-17(23)20-6-8-22-7-5-16(18(22)24)21-9-11-25-12-10-21/h1-4,16H,5-13H2,(H,20,23). The van der Waals surface area contributed by atoms with Crippen LogP contribution in [0.2, 0.25) is 0 Å². The molecule has 0 aliphatic carbocycles. The molecule has 25 heavy (non-hydrogen) atoms. The zero-order valence-electron chi connectivity index (χ0n) is 14.2. The van der Waals surface area contributed by atoms with Crippen molar-refractivity contribution in [2.24, 2.45) is 0 Å². The van der Waals surface area contributed by atoms with E-state index in [1.807, 2.05) is 4.90 Å². The van der Waals surface area contributed by atoms with Gasteiger partial charge in [-0.2, -0.15) is 0 Å². The number of hydrogen-bond acceptors (Lipinski definition) is 4. The van der Waals surface area contributed by atoms with Crippen molar-refractivity contribution in [1.29, 1.82) is 0 Å². The van der Waals surface area contributed by atoms with Crippen molar-refractivity contribution in [1.82, 2.24) is 15.1 Å². The van der Waals surface area contributed by atoms with E-state index in [0.717, 1.165) is 31.6 Å². The molecule has 1 aromatic carbocycles. The third-order valence-corrected chi connectivity index (χ3v) is 4.74. The smallest absolute Gasteiger partial charge is 0.240 e. The molecule has 0 aromatic heterocycles. The average molecular weight is 349 g/mol. The highest BCUT2D eigenvalue weighted by atomic mass is 19.1. The summed E-state index contributed by atoms with van der Waals surface area (Å²) < 4.78 is 18.2. The van der Waals surface area contributed by atoms with E-state index < -0.39 is 0 Å². The number of amides is 2. The van der Waals surface area contributed by atoms with Gasteiger partial charge in [0.25, 0.3) is 0 Å². The Balaban J connectivity index is 1.39.